The van der Waals surface area contributed by atoms with Gasteiger partial charge in [-0.1, -0.05) is 6.07 Å². The second-order valence-electron chi connectivity index (χ2n) is 7.16. The van der Waals surface area contributed by atoms with Crippen LogP contribution in [0, 0.1) is 6.92 Å². The number of aryl methyl sites for hydroxylation is 1. The lowest BCUT2D eigenvalue weighted by Gasteiger charge is -2.45. The van der Waals surface area contributed by atoms with Crippen LogP contribution in [0.25, 0.3) is 0 Å². The van der Waals surface area contributed by atoms with E-state index in [2.05, 4.69) is 36.9 Å². The molecule has 0 saturated carbocycles. The topological polar surface area (TPSA) is 72.3 Å². The quantitative estimate of drug-likeness (QED) is 0.896. The maximum absolute atomic E-state index is 12.2. The van der Waals surface area contributed by atoms with Crippen LogP contribution in [0.2, 0.25) is 0 Å². The molecule has 1 atom stereocenters. The second-order valence-corrected chi connectivity index (χ2v) is 7.16. The van der Waals surface area contributed by atoms with Crippen LogP contribution in [-0.4, -0.2) is 51.6 Å². The summed E-state index contributed by atoms with van der Waals surface area (Å²) in [5, 5.41) is 2.71. The molecule has 4 heterocycles. The Morgan fingerprint density at radius 2 is 2.19 bits per heavy atom. The summed E-state index contributed by atoms with van der Waals surface area (Å²) in [6, 6.07) is 6.14. The third kappa shape index (κ3) is 3.12. The Bertz CT molecular complexity index is 795. The zero-order chi connectivity index (χ0) is 18.1. The monoisotopic (exact) mass is 355 g/mol. The number of amides is 1. The van der Waals surface area contributed by atoms with Crippen LogP contribution in [0.1, 0.15) is 30.1 Å². The second kappa shape index (κ2) is 6.81. The summed E-state index contributed by atoms with van der Waals surface area (Å²) in [6.07, 6.45) is 4.92. The van der Waals surface area contributed by atoms with E-state index < -0.39 is 11.7 Å². The van der Waals surface area contributed by atoms with E-state index in [9.17, 15) is 4.79 Å². The fourth-order valence-corrected chi connectivity index (χ4v) is 4.02. The van der Waals surface area contributed by atoms with Crippen LogP contribution >= 0.6 is 0 Å². The molecule has 1 N–H and O–H groups in total. The molecule has 4 rings (SSSR count). The molecule has 1 unspecified atom stereocenters. The minimum absolute atomic E-state index is 0.0740. The Kier molecular flexibility index (Phi) is 4.50. The number of rotatable bonds is 3. The van der Waals surface area contributed by atoms with Crippen molar-refractivity contribution in [3.05, 3.63) is 47.8 Å². The number of imidazole rings is 1. The fourth-order valence-electron chi connectivity index (χ4n) is 4.02. The minimum atomic E-state index is -0.477. The highest BCUT2D eigenvalue weighted by atomic mass is 16.5. The summed E-state index contributed by atoms with van der Waals surface area (Å²) in [5.41, 5.74) is 1.66. The number of likely N-dealkylation sites (tertiary alicyclic amines) is 1. The van der Waals surface area contributed by atoms with Gasteiger partial charge < -0.3 is 14.6 Å². The van der Waals surface area contributed by atoms with E-state index in [-0.39, 0.29) is 5.91 Å². The van der Waals surface area contributed by atoms with Crippen molar-refractivity contribution in [1.29, 1.82) is 0 Å². The number of nitrogens with zero attached hydrogens (tertiary/aromatic N) is 4. The van der Waals surface area contributed by atoms with Crippen LogP contribution < -0.4 is 5.32 Å². The average Bonchev–Trinajstić information content (AvgIpc) is 3.13. The lowest BCUT2D eigenvalue weighted by molar-refractivity contribution is -0.173. The van der Waals surface area contributed by atoms with Gasteiger partial charge in [-0.3, -0.25) is 14.7 Å². The molecule has 7 heteroatoms. The molecule has 1 spiro atoms. The van der Waals surface area contributed by atoms with Crippen molar-refractivity contribution >= 4 is 5.91 Å². The van der Waals surface area contributed by atoms with Crippen molar-refractivity contribution in [2.24, 2.45) is 0 Å². The van der Waals surface area contributed by atoms with Gasteiger partial charge in [0.15, 0.2) is 6.10 Å². The molecule has 0 aliphatic carbocycles. The highest BCUT2D eigenvalue weighted by Gasteiger charge is 2.46. The predicted octanol–water partition coefficient (Wildman–Crippen LogP) is 1.22. The van der Waals surface area contributed by atoms with Gasteiger partial charge in [-0.15, -0.1) is 0 Å². The standard InChI is InChI=1S/C19H25N5O2/c1-14-4-3-5-15(22-14)12-23-9-6-19(7-10-23)18-21-8-11-24(18)13-16(26-19)17(25)20-2/h3-5,8,11,16H,6-7,9-10,12-13H2,1-2H3,(H,20,25). The van der Waals surface area contributed by atoms with E-state index in [1.54, 1.807) is 13.2 Å². The Balaban J connectivity index is 1.49. The number of carbonyl (C=O) groups excluding carboxylic acids is 1. The third-order valence-corrected chi connectivity index (χ3v) is 5.39. The summed E-state index contributed by atoms with van der Waals surface area (Å²) in [4.78, 5) is 23.7. The minimum Gasteiger partial charge on any atom is -0.357 e. The number of likely N-dealkylation sites (N-methyl/N-ethyl adjacent to an activating group) is 1. The molecule has 26 heavy (non-hydrogen) atoms. The smallest absolute Gasteiger partial charge is 0.250 e. The maximum atomic E-state index is 12.2. The van der Waals surface area contributed by atoms with E-state index in [4.69, 9.17) is 4.74 Å². The van der Waals surface area contributed by atoms with E-state index in [1.807, 2.05) is 19.2 Å². The number of aromatic nitrogens is 3. The van der Waals surface area contributed by atoms with Crippen LogP contribution in [0.4, 0.5) is 0 Å². The number of fused-ring (bicyclic) bond motifs is 2. The number of hydrogen-bond donors (Lipinski definition) is 1. The van der Waals surface area contributed by atoms with Gasteiger partial charge >= 0.3 is 0 Å². The first-order valence-corrected chi connectivity index (χ1v) is 9.15. The lowest BCUT2D eigenvalue weighted by Crippen LogP contribution is -2.53. The molecule has 0 aromatic carbocycles. The molecule has 0 bridgehead atoms. The Morgan fingerprint density at radius 3 is 2.92 bits per heavy atom. The number of carbonyl (C=O) groups is 1. The van der Waals surface area contributed by atoms with Gasteiger partial charge in [-0.05, 0) is 31.9 Å². The van der Waals surface area contributed by atoms with Gasteiger partial charge in [0, 0.05) is 44.8 Å². The number of ether oxygens (including phenoxy) is 1. The number of piperidine rings is 1. The molecule has 7 nitrogen and oxygen atoms in total. The van der Waals surface area contributed by atoms with E-state index in [1.165, 1.54) is 0 Å². The Labute approximate surface area is 153 Å². The third-order valence-electron chi connectivity index (χ3n) is 5.39. The molecule has 138 valence electrons. The van der Waals surface area contributed by atoms with Crippen molar-refractivity contribution in [1.82, 2.24) is 24.8 Å². The lowest BCUT2D eigenvalue weighted by atomic mass is 9.88. The van der Waals surface area contributed by atoms with Crippen molar-refractivity contribution in [3.8, 4) is 0 Å². The molecule has 0 radical (unpaired) electrons. The maximum Gasteiger partial charge on any atom is 0.250 e. The highest BCUT2D eigenvalue weighted by Crippen LogP contribution is 2.40. The van der Waals surface area contributed by atoms with E-state index >= 15 is 0 Å². The molecule has 2 aliphatic heterocycles. The first-order chi connectivity index (χ1) is 12.6. The van der Waals surface area contributed by atoms with Crippen molar-refractivity contribution in [2.75, 3.05) is 20.1 Å². The molecular formula is C19H25N5O2. The molecule has 2 aliphatic rings. The first-order valence-electron chi connectivity index (χ1n) is 9.15. The Morgan fingerprint density at radius 1 is 1.38 bits per heavy atom. The van der Waals surface area contributed by atoms with Crippen LogP contribution in [0.5, 0.6) is 0 Å². The van der Waals surface area contributed by atoms with Crippen molar-refractivity contribution in [3.63, 3.8) is 0 Å². The van der Waals surface area contributed by atoms with Gasteiger partial charge in [0.05, 0.1) is 12.2 Å². The zero-order valence-electron chi connectivity index (χ0n) is 15.3. The largest absolute Gasteiger partial charge is 0.357 e. The summed E-state index contributed by atoms with van der Waals surface area (Å²) in [5.74, 6) is 0.876. The summed E-state index contributed by atoms with van der Waals surface area (Å²) < 4.78 is 8.40. The van der Waals surface area contributed by atoms with Gasteiger partial charge in [0.25, 0.3) is 5.91 Å². The van der Waals surface area contributed by atoms with Crippen molar-refractivity contribution in [2.45, 2.75) is 44.6 Å². The number of nitrogens with one attached hydrogen (secondary N) is 1. The van der Waals surface area contributed by atoms with Gasteiger partial charge in [0.2, 0.25) is 0 Å². The van der Waals surface area contributed by atoms with Crippen LogP contribution in [-0.2, 0) is 28.2 Å². The molecule has 2 aromatic heterocycles. The zero-order valence-corrected chi connectivity index (χ0v) is 15.3. The highest BCUT2D eigenvalue weighted by molar-refractivity contribution is 5.80. The van der Waals surface area contributed by atoms with Gasteiger partial charge in [-0.2, -0.15) is 0 Å². The molecule has 1 amide bonds. The fraction of sp³-hybridized carbons (Fsp3) is 0.526. The predicted molar refractivity (Wildman–Crippen MR) is 96.3 cm³/mol. The summed E-state index contributed by atoms with van der Waals surface area (Å²) >= 11 is 0. The molecular weight excluding hydrogens is 330 g/mol. The molecule has 2 aromatic rings. The normalized spacial score (nSPS) is 22.2. The van der Waals surface area contributed by atoms with Crippen LogP contribution in [0.3, 0.4) is 0 Å². The van der Waals surface area contributed by atoms with Crippen molar-refractivity contribution < 1.29 is 9.53 Å². The summed E-state index contributed by atoms with van der Waals surface area (Å²) in [6.45, 7) is 5.16. The van der Waals surface area contributed by atoms with Crippen LogP contribution in [0.15, 0.2) is 30.6 Å². The average molecular weight is 355 g/mol. The van der Waals surface area contributed by atoms with Gasteiger partial charge in [0.1, 0.15) is 11.4 Å². The van der Waals surface area contributed by atoms with E-state index in [0.29, 0.717) is 6.54 Å². The SMILES string of the molecule is CNC(=O)C1Cn2ccnc2C2(CCN(Cc3cccc(C)n3)CC2)O1. The molecule has 1 saturated heterocycles. The summed E-state index contributed by atoms with van der Waals surface area (Å²) in [7, 11) is 1.65. The number of hydrogen-bond acceptors (Lipinski definition) is 5. The van der Waals surface area contributed by atoms with E-state index in [0.717, 1.165) is 49.7 Å². The number of pyridine rings is 1. The molecule has 1 fully saturated rings. The first kappa shape index (κ1) is 17.2. The Hall–Kier alpha value is -2.25. The van der Waals surface area contributed by atoms with Gasteiger partial charge in [-0.25, -0.2) is 4.98 Å².